The number of fused-ring (bicyclic) bond motifs is 1. The smallest absolute Gasteiger partial charge is 0.165 e. The van der Waals surface area contributed by atoms with Crippen molar-refractivity contribution < 1.29 is 20.1 Å². The molecule has 0 radical (unpaired) electrons. The van der Waals surface area contributed by atoms with Gasteiger partial charge in [-0.1, -0.05) is 12.2 Å². The molecule has 0 saturated carbocycles. The molecule has 0 amide bonds. The Morgan fingerprint density at radius 3 is 2.84 bits per heavy atom. The van der Waals surface area contributed by atoms with Crippen LogP contribution < -0.4 is 0 Å². The maximum atomic E-state index is 9.97. The number of aromatic amines is 1. The first-order valence-corrected chi connectivity index (χ1v) is 6.07. The Morgan fingerprint density at radius 1 is 1.37 bits per heavy atom. The second-order valence-electron chi connectivity index (χ2n) is 4.29. The molecule has 102 valence electrons. The van der Waals surface area contributed by atoms with E-state index < -0.39 is 24.5 Å². The highest BCUT2D eigenvalue weighted by Crippen LogP contribution is 2.30. The highest BCUT2D eigenvalue weighted by molar-refractivity contribution is 7.71. The average molecular weight is 284 g/mol. The van der Waals surface area contributed by atoms with E-state index in [9.17, 15) is 10.2 Å². The van der Waals surface area contributed by atoms with Gasteiger partial charge in [0.2, 0.25) is 0 Å². The topological polar surface area (TPSA) is 116 Å². The second kappa shape index (κ2) is 4.62. The van der Waals surface area contributed by atoms with Crippen molar-refractivity contribution in [3.63, 3.8) is 0 Å². The van der Waals surface area contributed by atoms with E-state index in [1.165, 1.54) is 17.2 Å². The number of imidazole rings is 1. The summed E-state index contributed by atoms with van der Waals surface area (Å²) < 4.78 is 7.28. The Hall–Kier alpha value is -1.39. The summed E-state index contributed by atoms with van der Waals surface area (Å²) in [5.74, 6) is 0. The number of nitrogens with zero attached hydrogens (tertiary/aromatic N) is 3. The second-order valence-corrected chi connectivity index (χ2v) is 4.67. The first-order chi connectivity index (χ1) is 9.13. The third-order valence-electron chi connectivity index (χ3n) is 3.17. The van der Waals surface area contributed by atoms with Crippen LogP contribution in [-0.4, -0.2) is 59.8 Å². The number of nitrogens with one attached hydrogen (secondary N) is 1. The summed E-state index contributed by atoms with van der Waals surface area (Å²) >= 11 is 5.04. The summed E-state index contributed by atoms with van der Waals surface area (Å²) in [5.41, 5.74) is 1.02. The molecule has 3 heterocycles. The first-order valence-electron chi connectivity index (χ1n) is 5.66. The molecule has 19 heavy (non-hydrogen) atoms. The molecule has 8 nitrogen and oxygen atoms in total. The monoisotopic (exact) mass is 284 g/mol. The Bertz CT molecular complexity index is 656. The van der Waals surface area contributed by atoms with Crippen molar-refractivity contribution in [3.8, 4) is 0 Å². The van der Waals surface area contributed by atoms with Crippen molar-refractivity contribution in [2.24, 2.45) is 0 Å². The number of aliphatic hydroxyl groups excluding tert-OH is 3. The van der Waals surface area contributed by atoms with Gasteiger partial charge in [-0.05, 0) is 0 Å². The summed E-state index contributed by atoms with van der Waals surface area (Å²) in [5, 5.41) is 28.8. The van der Waals surface area contributed by atoms with Crippen LogP contribution in [0, 0.1) is 4.64 Å². The number of aliphatic hydroxyl groups is 3. The number of hydrogen-bond acceptors (Lipinski definition) is 7. The van der Waals surface area contributed by atoms with Crippen molar-refractivity contribution in [1.82, 2.24) is 19.5 Å². The molecule has 0 unspecified atom stereocenters. The fourth-order valence-corrected chi connectivity index (χ4v) is 2.38. The van der Waals surface area contributed by atoms with Crippen LogP contribution in [0.3, 0.4) is 0 Å². The Labute approximate surface area is 112 Å². The molecule has 0 aromatic carbocycles. The van der Waals surface area contributed by atoms with E-state index >= 15 is 0 Å². The zero-order chi connectivity index (χ0) is 13.6. The molecule has 1 fully saturated rings. The largest absolute Gasteiger partial charge is 0.394 e. The van der Waals surface area contributed by atoms with Gasteiger partial charge in [0.1, 0.15) is 29.5 Å². The molecule has 9 heteroatoms. The molecule has 2 aromatic rings. The summed E-state index contributed by atoms with van der Waals surface area (Å²) in [6.45, 7) is -0.376. The molecule has 0 spiro atoms. The van der Waals surface area contributed by atoms with Crippen molar-refractivity contribution in [3.05, 3.63) is 17.3 Å². The minimum atomic E-state index is -1.16. The van der Waals surface area contributed by atoms with Crippen LogP contribution in [0.2, 0.25) is 0 Å². The van der Waals surface area contributed by atoms with Crippen LogP contribution in [0.25, 0.3) is 11.2 Å². The lowest BCUT2D eigenvalue weighted by Gasteiger charge is -2.16. The zero-order valence-corrected chi connectivity index (χ0v) is 10.5. The molecule has 4 atom stereocenters. The van der Waals surface area contributed by atoms with E-state index in [1.54, 1.807) is 0 Å². The molecule has 1 saturated heterocycles. The molecule has 2 aromatic heterocycles. The van der Waals surface area contributed by atoms with E-state index in [0.29, 0.717) is 15.8 Å². The standard InChI is InChI=1S/C10H12N4O4S/c15-1-4-6(16)7(17)10(18-4)14-3-13-5-8(14)11-2-12-9(5)19/h2-4,6-7,10,15-17H,1H2,(H,11,12,19)/t4-,6+,7+,10+/m0/s1. The quantitative estimate of drug-likeness (QED) is 0.528. The van der Waals surface area contributed by atoms with Crippen LogP contribution >= 0.6 is 12.2 Å². The van der Waals surface area contributed by atoms with Crippen molar-refractivity contribution in [1.29, 1.82) is 0 Å². The Morgan fingerprint density at radius 2 is 2.16 bits per heavy atom. The van der Waals surface area contributed by atoms with Gasteiger partial charge in [-0.3, -0.25) is 4.57 Å². The predicted molar refractivity (Wildman–Crippen MR) is 65.7 cm³/mol. The van der Waals surface area contributed by atoms with E-state index in [0.717, 1.165) is 0 Å². The van der Waals surface area contributed by atoms with Crippen molar-refractivity contribution in [2.45, 2.75) is 24.5 Å². The lowest BCUT2D eigenvalue weighted by molar-refractivity contribution is -0.0511. The van der Waals surface area contributed by atoms with Crippen molar-refractivity contribution in [2.75, 3.05) is 6.61 Å². The van der Waals surface area contributed by atoms with Gasteiger partial charge in [0.25, 0.3) is 0 Å². The third kappa shape index (κ3) is 1.86. The summed E-state index contributed by atoms with van der Waals surface area (Å²) in [7, 11) is 0. The number of H-pyrrole nitrogens is 1. The van der Waals surface area contributed by atoms with Crippen LogP contribution in [0.4, 0.5) is 0 Å². The van der Waals surface area contributed by atoms with Crippen LogP contribution in [0.5, 0.6) is 0 Å². The van der Waals surface area contributed by atoms with E-state index in [1.807, 2.05) is 0 Å². The van der Waals surface area contributed by atoms with Gasteiger partial charge in [-0.2, -0.15) is 0 Å². The number of aromatic nitrogens is 4. The van der Waals surface area contributed by atoms with Gasteiger partial charge in [0.15, 0.2) is 10.9 Å². The fourth-order valence-electron chi connectivity index (χ4n) is 2.18. The van der Waals surface area contributed by atoms with Crippen molar-refractivity contribution >= 4 is 23.4 Å². The minimum Gasteiger partial charge on any atom is -0.394 e. The summed E-state index contributed by atoms with van der Waals surface area (Å²) in [6.07, 6.45) is -1.13. The highest BCUT2D eigenvalue weighted by Gasteiger charge is 2.43. The lowest BCUT2D eigenvalue weighted by atomic mass is 10.1. The Balaban J connectivity index is 2.06. The SMILES string of the molecule is OC[C@@H]1O[C@@H](n2cnc3c(=S)nc[nH]c32)[C@H](O)[C@@H]1O. The molecular weight excluding hydrogens is 272 g/mol. The fraction of sp³-hybridized carbons (Fsp3) is 0.500. The Kier molecular flexibility index (Phi) is 3.07. The molecule has 4 N–H and O–H groups in total. The molecule has 1 aliphatic rings. The first kappa shape index (κ1) is 12.6. The van der Waals surface area contributed by atoms with Gasteiger partial charge in [0, 0.05) is 0 Å². The minimum absolute atomic E-state index is 0.333. The number of rotatable bonds is 2. The van der Waals surface area contributed by atoms with Crippen LogP contribution in [0.1, 0.15) is 6.23 Å². The maximum absolute atomic E-state index is 9.97. The normalized spacial score (nSPS) is 31.1. The molecular formula is C10H12N4O4S. The number of ether oxygens (including phenoxy) is 1. The van der Waals surface area contributed by atoms with E-state index in [2.05, 4.69) is 15.0 Å². The summed E-state index contributed by atoms with van der Waals surface area (Å²) in [6, 6.07) is 0. The molecule has 0 bridgehead atoms. The summed E-state index contributed by atoms with van der Waals surface area (Å²) in [4.78, 5) is 10.9. The van der Waals surface area contributed by atoms with Gasteiger partial charge < -0.3 is 25.0 Å². The third-order valence-corrected chi connectivity index (χ3v) is 3.47. The van der Waals surface area contributed by atoms with Gasteiger partial charge in [-0.25, -0.2) is 9.97 Å². The van der Waals surface area contributed by atoms with Gasteiger partial charge in [-0.15, -0.1) is 0 Å². The van der Waals surface area contributed by atoms with Crippen LogP contribution in [-0.2, 0) is 4.74 Å². The average Bonchev–Trinajstić information content (AvgIpc) is 2.94. The highest BCUT2D eigenvalue weighted by atomic mass is 32.1. The predicted octanol–water partition coefficient (Wildman–Crippen LogP) is -0.900. The lowest BCUT2D eigenvalue weighted by Crippen LogP contribution is -2.33. The molecule has 3 rings (SSSR count). The van der Waals surface area contributed by atoms with E-state index in [4.69, 9.17) is 22.1 Å². The van der Waals surface area contributed by atoms with E-state index in [-0.39, 0.29) is 6.61 Å². The zero-order valence-electron chi connectivity index (χ0n) is 9.67. The van der Waals surface area contributed by atoms with Gasteiger partial charge in [0.05, 0.1) is 19.3 Å². The van der Waals surface area contributed by atoms with Gasteiger partial charge >= 0.3 is 0 Å². The van der Waals surface area contributed by atoms with Crippen LogP contribution in [0.15, 0.2) is 12.7 Å². The molecule has 1 aliphatic heterocycles. The maximum Gasteiger partial charge on any atom is 0.165 e. The molecule has 0 aliphatic carbocycles. The number of hydrogen-bond donors (Lipinski definition) is 4.